The quantitative estimate of drug-likeness (QED) is 0.750. The molecule has 5 nitrogen and oxygen atoms in total. The Bertz CT molecular complexity index is 537. The zero-order valence-electron chi connectivity index (χ0n) is 9.83. The van der Waals surface area contributed by atoms with Crippen molar-refractivity contribution in [3.8, 4) is 0 Å². The van der Waals surface area contributed by atoms with Gasteiger partial charge in [-0.2, -0.15) is 22.7 Å². The molecule has 1 atom stereocenters. The molecule has 0 aliphatic heterocycles. The second-order valence-corrected chi connectivity index (χ2v) is 5.31. The highest BCUT2D eigenvalue weighted by atomic mass is 32.1. The SMILES string of the molecule is O=C(NCC(O)c1ccsc1)C(=O)Nc1ccsc1. The third-order valence-electron chi connectivity index (χ3n) is 2.37. The van der Waals surface area contributed by atoms with Gasteiger partial charge < -0.3 is 15.7 Å². The van der Waals surface area contributed by atoms with Crippen LogP contribution in [-0.4, -0.2) is 23.5 Å². The number of aliphatic hydroxyl groups excluding tert-OH is 1. The molecule has 0 aromatic carbocycles. The Kier molecular flexibility index (Phi) is 4.67. The monoisotopic (exact) mass is 296 g/mol. The molecule has 0 fully saturated rings. The smallest absolute Gasteiger partial charge is 0.313 e. The Hall–Kier alpha value is -1.70. The van der Waals surface area contributed by atoms with Gasteiger partial charge in [-0.1, -0.05) is 0 Å². The van der Waals surface area contributed by atoms with Gasteiger partial charge in [-0.3, -0.25) is 9.59 Å². The van der Waals surface area contributed by atoms with E-state index in [9.17, 15) is 14.7 Å². The van der Waals surface area contributed by atoms with E-state index in [1.807, 2.05) is 5.38 Å². The Balaban J connectivity index is 1.79. The van der Waals surface area contributed by atoms with Crippen molar-refractivity contribution in [1.82, 2.24) is 5.32 Å². The van der Waals surface area contributed by atoms with Crippen molar-refractivity contribution in [3.63, 3.8) is 0 Å². The number of amides is 2. The lowest BCUT2D eigenvalue weighted by atomic mass is 10.2. The first-order valence-electron chi connectivity index (χ1n) is 5.48. The standard InChI is InChI=1S/C12H12N2O3S2/c15-10(8-1-3-18-6-8)5-13-11(16)12(17)14-9-2-4-19-7-9/h1-4,6-7,10,15H,5H2,(H,13,16)(H,14,17). The van der Waals surface area contributed by atoms with Crippen molar-refractivity contribution in [2.24, 2.45) is 0 Å². The molecule has 2 rings (SSSR count). The summed E-state index contributed by atoms with van der Waals surface area (Å²) in [7, 11) is 0. The van der Waals surface area contributed by atoms with E-state index in [0.717, 1.165) is 5.56 Å². The number of carbonyl (C=O) groups excluding carboxylic acids is 2. The molecular weight excluding hydrogens is 284 g/mol. The van der Waals surface area contributed by atoms with Crippen LogP contribution in [0.15, 0.2) is 33.7 Å². The number of rotatable bonds is 4. The van der Waals surface area contributed by atoms with Crippen molar-refractivity contribution in [3.05, 3.63) is 39.2 Å². The third kappa shape index (κ3) is 3.88. The van der Waals surface area contributed by atoms with Gasteiger partial charge in [0, 0.05) is 11.9 Å². The lowest BCUT2D eigenvalue weighted by Crippen LogP contribution is -2.37. The Morgan fingerprint density at radius 1 is 1.16 bits per heavy atom. The average molecular weight is 296 g/mol. The molecule has 0 aliphatic rings. The van der Waals surface area contributed by atoms with Crippen LogP contribution in [0.1, 0.15) is 11.7 Å². The van der Waals surface area contributed by atoms with E-state index in [4.69, 9.17) is 0 Å². The second-order valence-electron chi connectivity index (χ2n) is 3.75. The maximum absolute atomic E-state index is 11.5. The molecule has 0 saturated heterocycles. The van der Waals surface area contributed by atoms with Gasteiger partial charge in [-0.25, -0.2) is 0 Å². The molecule has 3 N–H and O–H groups in total. The highest BCUT2D eigenvalue weighted by Crippen LogP contribution is 2.15. The summed E-state index contributed by atoms with van der Waals surface area (Å²) in [4.78, 5) is 23.0. The minimum atomic E-state index is -0.802. The van der Waals surface area contributed by atoms with Crippen LogP contribution < -0.4 is 10.6 Å². The predicted molar refractivity (Wildman–Crippen MR) is 75.2 cm³/mol. The summed E-state index contributed by atoms with van der Waals surface area (Å²) in [6.45, 7) is 0.00657. The molecule has 2 amide bonds. The highest BCUT2D eigenvalue weighted by Gasteiger charge is 2.16. The predicted octanol–water partition coefficient (Wildman–Crippen LogP) is 1.60. The topological polar surface area (TPSA) is 78.4 Å². The molecule has 0 bridgehead atoms. The second kappa shape index (κ2) is 6.46. The first-order chi connectivity index (χ1) is 9.16. The summed E-state index contributed by atoms with van der Waals surface area (Å²) >= 11 is 2.88. The van der Waals surface area contributed by atoms with Crippen LogP contribution in [0, 0.1) is 0 Å². The fourth-order valence-electron chi connectivity index (χ4n) is 1.38. The summed E-state index contributed by atoms with van der Waals surface area (Å²) in [6, 6.07) is 3.48. The number of hydrogen-bond donors (Lipinski definition) is 3. The maximum Gasteiger partial charge on any atom is 0.313 e. The molecule has 7 heteroatoms. The number of thiophene rings is 2. The number of aliphatic hydroxyl groups is 1. The van der Waals surface area contributed by atoms with E-state index in [1.165, 1.54) is 22.7 Å². The molecule has 1 unspecified atom stereocenters. The number of anilines is 1. The van der Waals surface area contributed by atoms with Crippen LogP contribution in [0.3, 0.4) is 0 Å². The average Bonchev–Trinajstić information content (AvgIpc) is 3.07. The Labute approximate surface area is 117 Å². The van der Waals surface area contributed by atoms with Crippen LogP contribution in [0.4, 0.5) is 5.69 Å². The number of nitrogens with one attached hydrogen (secondary N) is 2. The summed E-state index contributed by atoms with van der Waals surface area (Å²) < 4.78 is 0. The van der Waals surface area contributed by atoms with Crippen molar-refractivity contribution in [1.29, 1.82) is 0 Å². The van der Waals surface area contributed by atoms with Gasteiger partial charge in [0.1, 0.15) is 0 Å². The first-order valence-corrected chi connectivity index (χ1v) is 7.37. The fourth-order valence-corrected chi connectivity index (χ4v) is 2.67. The van der Waals surface area contributed by atoms with Crippen LogP contribution in [0.2, 0.25) is 0 Å². The summed E-state index contributed by atoms with van der Waals surface area (Å²) in [6.07, 6.45) is -0.802. The van der Waals surface area contributed by atoms with Gasteiger partial charge in [0.2, 0.25) is 0 Å². The minimum Gasteiger partial charge on any atom is -0.387 e. The highest BCUT2D eigenvalue weighted by molar-refractivity contribution is 7.08. The molecule has 19 heavy (non-hydrogen) atoms. The molecular formula is C12H12N2O3S2. The molecule has 100 valence electrons. The Morgan fingerprint density at radius 3 is 2.53 bits per heavy atom. The Morgan fingerprint density at radius 2 is 1.89 bits per heavy atom. The van der Waals surface area contributed by atoms with Gasteiger partial charge in [0.15, 0.2) is 0 Å². The third-order valence-corrected chi connectivity index (χ3v) is 3.75. The molecule has 2 aromatic heterocycles. The zero-order valence-corrected chi connectivity index (χ0v) is 11.5. The van der Waals surface area contributed by atoms with Gasteiger partial charge in [-0.15, -0.1) is 0 Å². The largest absolute Gasteiger partial charge is 0.387 e. The van der Waals surface area contributed by atoms with Crippen LogP contribution in [0.25, 0.3) is 0 Å². The molecule has 0 spiro atoms. The van der Waals surface area contributed by atoms with Gasteiger partial charge >= 0.3 is 11.8 Å². The molecule has 2 aromatic rings. The van der Waals surface area contributed by atoms with Crippen molar-refractivity contribution < 1.29 is 14.7 Å². The van der Waals surface area contributed by atoms with Crippen molar-refractivity contribution in [2.75, 3.05) is 11.9 Å². The van der Waals surface area contributed by atoms with Gasteiger partial charge in [-0.05, 0) is 33.8 Å². The summed E-state index contributed by atoms with van der Waals surface area (Å²) in [5.74, 6) is -1.50. The first kappa shape index (κ1) is 13.7. The lowest BCUT2D eigenvalue weighted by molar-refractivity contribution is -0.136. The molecule has 2 heterocycles. The fraction of sp³-hybridized carbons (Fsp3) is 0.167. The van der Waals surface area contributed by atoms with Crippen molar-refractivity contribution >= 4 is 40.2 Å². The van der Waals surface area contributed by atoms with E-state index < -0.39 is 17.9 Å². The van der Waals surface area contributed by atoms with Crippen LogP contribution in [0.5, 0.6) is 0 Å². The summed E-state index contributed by atoms with van der Waals surface area (Å²) in [5, 5.41) is 21.8. The van der Waals surface area contributed by atoms with E-state index in [0.29, 0.717) is 5.69 Å². The normalized spacial score (nSPS) is 11.8. The number of hydrogen-bond acceptors (Lipinski definition) is 5. The minimum absolute atomic E-state index is 0.00657. The molecule has 0 saturated carbocycles. The maximum atomic E-state index is 11.5. The van der Waals surface area contributed by atoms with Gasteiger partial charge in [0.25, 0.3) is 0 Å². The number of carbonyl (C=O) groups is 2. The lowest BCUT2D eigenvalue weighted by Gasteiger charge is -2.10. The van der Waals surface area contributed by atoms with E-state index in [-0.39, 0.29) is 6.54 Å². The van der Waals surface area contributed by atoms with Crippen molar-refractivity contribution in [2.45, 2.75) is 6.10 Å². The zero-order chi connectivity index (χ0) is 13.7. The molecule has 0 aliphatic carbocycles. The van der Waals surface area contributed by atoms with E-state index in [2.05, 4.69) is 10.6 Å². The molecule has 0 radical (unpaired) electrons. The summed E-state index contributed by atoms with van der Waals surface area (Å²) in [5.41, 5.74) is 1.31. The van der Waals surface area contributed by atoms with E-state index >= 15 is 0 Å². The van der Waals surface area contributed by atoms with Crippen LogP contribution in [-0.2, 0) is 9.59 Å². The van der Waals surface area contributed by atoms with Crippen LogP contribution >= 0.6 is 22.7 Å². The van der Waals surface area contributed by atoms with Gasteiger partial charge in [0.05, 0.1) is 11.8 Å². The van der Waals surface area contributed by atoms with E-state index in [1.54, 1.807) is 28.3 Å².